The lowest BCUT2D eigenvalue weighted by Crippen LogP contribution is -2.30. The van der Waals surface area contributed by atoms with Gasteiger partial charge in [-0.05, 0) is 54.4 Å². The third-order valence-electron chi connectivity index (χ3n) is 3.34. The van der Waals surface area contributed by atoms with Gasteiger partial charge in [0.25, 0.3) is 0 Å². The molecule has 0 spiro atoms. The molecule has 0 radical (unpaired) electrons. The van der Waals surface area contributed by atoms with Crippen molar-refractivity contribution in [3.63, 3.8) is 0 Å². The molecule has 2 rings (SSSR count). The molecular weight excluding hydrogens is 335 g/mol. The minimum absolute atomic E-state index is 0.617. The molecule has 2 aromatic rings. The van der Waals surface area contributed by atoms with Gasteiger partial charge in [-0.3, -0.25) is 0 Å². The highest BCUT2D eigenvalue weighted by Gasteiger charge is 2.04. The summed E-state index contributed by atoms with van der Waals surface area (Å²) in [6, 6.07) is 13.7. The largest absolute Gasteiger partial charge is 0.362 e. The Balaban J connectivity index is 1.85. The lowest BCUT2D eigenvalue weighted by Gasteiger charge is -2.13. The zero-order valence-corrected chi connectivity index (χ0v) is 14.7. The van der Waals surface area contributed by atoms with Crippen LogP contribution in [0.4, 0.5) is 5.69 Å². The molecule has 5 heteroatoms. The summed E-state index contributed by atoms with van der Waals surface area (Å²) >= 11 is 17.4. The fourth-order valence-corrected chi connectivity index (χ4v) is 2.87. The van der Waals surface area contributed by atoms with E-state index >= 15 is 0 Å². The summed E-state index contributed by atoms with van der Waals surface area (Å²) in [5.41, 5.74) is 3.34. The lowest BCUT2D eigenvalue weighted by molar-refractivity contribution is 0.873. The average Bonchev–Trinajstić information content (AvgIpc) is 2.50. The zero-order valence-electron chi connectivity index (χ0n) is 12.3. The van der Waals surface area contributed by atoms with Crippen LogP contribution < -0.4 is 10.6 Å². The lowest BCUT2D eigenvalue weighted by atomic mass is 10.1. The maximum absolute atomic E-state index is 6.15. The van der Waals surface area contributed by atoms with Crippen LogP contribution in [0.15, 0.2) is 42.5 Å². The van der Waals surface area contributed by atoms with Crippen molar-refractivity contribution in [2.75, 3.05) is 11.9 Å². The van der Waals surface area contributed by atoms with Crippen molar-refractivity contribution in [3.05, 3.63) is 63.6 Å². The molecule has 0 aliphatic heterocycles. The summed E-state index contributed by atoms with van der Waals surface area (Å²) in [4.78, 5) is 0. The monoisotopic (exact) mass is 352 g/mol. The van der Waals surface area contributed by atoms with Crippen LogP contribution in [-0.2, 0) is 12.8 Å². The molecule has 2 aromatic carbocycles. The minimum atomic E-state index is 0.617. The molecule has 0 saturated carbocycles. The van der Waals surface area contributed by atoms with Gasteiger partial charge in [0.2, 0.25) is 0 Å². The van der Waals surface area contributed by atoms with Crippen molar-refractivity contribution in [2.45, 2.75) is 19.8 Å². The van der Waals surface area contributed by atoms with Crippen LogP contribution >= 0.6 is 35.4 Å². The van der Waals surface area contributed by atoms with Gasteiger partial charge in [0, 0.05) is 22.3 Å². The van der Waals surface area contributed by atoms with Gasteiger partial charge in [0.15, 0.2) is 5.11 Å². The Morgan fingerprint density at radius 3 is 2.59 bits per heavy atom. The number of para-hydroxylation sites is 1. The third-order valence-corrected chi connectivity index (χ3v) is 4.17. The van der Waals surface area contributed by atoms with Gasteiger partial charge in [-0.15, -0.1) is 0 Å². The predicted octanol–water partition coefficient (Wildman–Crippen LogP) is 5.08. The first kappa shape index (κ1) is 17.1. The molecule has 0 atom stereocenters. The highest BCUT2D eigenvalue weighted by Crippen LogP contribution is 2.21. The normalized spacial score (nSPS) is 10.3. The Labute approximate surface area is 146 Å². The molecule has 0 heterocycles. The molecule has 0 amide bonds. The van der Waals surface area contributed by atoms with Gasteiger partial charge in [0.05, 0.1) is 0 Å². The Kier molecular flexibility index (Phi) is 6.49. The highest BCUT2D eigenvalue weighted by molar-refractivity contribution is 7.80. The second-order valence-electron chi connectivity index (χ2n) is 4.88. The van der Waals surface area contributed by atoms with Gasteiger partial charge in [-0.1, -0.05) is 54.4 Å². The molecule has 0 fully saturated rings. The van der Waals surface area contributed by atoms with Crippen molar-refractivity contribution in [1.29, 1.82) is 0 Å². The molecule has 0 aromatic heterocycles. The summed E-state index contributed by atoms with van der Waals surface area (Å²) in [6.07, 6.45) is 1.75. The van der Waals surface area contributed by atoms with Crippen molar-refractivity contribution >= 4 is 46.2 Å². The molecule has 116 valence electrons. The van der Waals surface area contributed by atoms with Crippen LogP contribution in [0.3, 0.4) is 0 Å². The number of aryl methyl sites for hydroxylation is 1. The molecule has 0 aliphatic rings. The van der Waals surface area contributed by atoms with Gasteiger partial charge in [0.1, 0.15) is 0 Å². The van der Waals surface area contributed by atoms with Gasteiger partial charge in [-0.2, -0.15) is 0 Å². The summed E-state index contributed by atoms with van der Waals surface area (Å²) in [5, 5.41) is 8.39. The van der Waals surface area contributed by atoms with E-state index < -0.39 is 0 Å². The first-order valence-electron chi connectivity index (χ1n) is 7.17. The van der Waals surface area contributed by atoms with Crippen LogP contribution in [-0.4, -0.2) is 11.7 Å². The van der Waals surface area contributed by atoms with Crippen molar-refractivity contribution in [1.82, 2.24) is 5.32 Å². The molecule has 2 nitrogen and oxygen atoms in total. The molecule has 2 N–H and O–H groups in total. The van der Waals surface area contributed by atoms with E-state index in [1.54, 1.807) is 6.07 Å². The van der Waals surface area contributed by atoms with E-state index in [0.29, 0.717) is 21.7 Å². The van der Waals surface area contributed by atoms with Crippen molar-refractivity contribution in [2.24, 2.45) is 0 Å². The molecule has 0 saturated heterocycles. The van der Waals surface area contributed by atoms with Crippen LogP contribution in [0.25, 0.3) is 0 Å². The number of hydrogen-bond donors (Lipinski definition) is 2. The molecule has 0 unspecified atom stereocenters. The van der Waals surface area contributed by atoms with Gasteiger partial charge in [-0.25, -0.2) is 0 Å². The smallest absolute Gasteiger partial charge is 0.170 e. The van der Waals surface area contributed by atoms with E-state index in [4.69, 9.17) is 35.4 Å². The fourth-order valence-electron chi connectivity index (χ4n) is 2.15. The number of nitrogens with one attached hydrogen (secondary N) is 2. The summed E-state index contributed by atoms with van der Waals surface area (Å²) < 4.78 is 0. The molecule has 22 heavy (non-hydrogen) atoms. The zero-order chi connectivity index (χ0) is 15.9. The van der Waals surface area contributed by atoms with Gasteiger partial charge < -0.3 is 10.6 Å². The van der Waals surface area contributed by atoms with Crippen LogP contribution in [0.5, 0.6) is 0 Å². The van der Waals surface area contributed by atoms with Crippen molar-refractivity contribution in [3.8, 4) is 0 Å². The SMILES string of the molecule is CCc1ccccc1NC(=S)NCCc1ccc(Cl)cc1Cl. The summed E-state index contributed by atoms with van der Waals surface area (Å²) in [7, 11) is 0. The molecule has 0 aliphatic carbocycles. The van der Waals surface area contributed by atoms with Crippen molar-refractivity contribution < 1.29 is 0 Å². The van der Waals surface area contributed by atoms with E-state index in [9.17, 15) is 0 Å². The maximum atomic E-state index is 6.15. The maximum Gasteiger partial charge on any atom is 0.170 e. The first-order chi connectivity index (χ1) is 10.6. The van der Waals surface area contributed by atoms with Crippen LogP contribution in [0.2, 0.25) is 10.0 Å². The first-order valence-corrected chi connectivity index (χ1v) is 8.33. The van der Waals surface area contributed by atoms with Crippen LogP contribution in [0, 0.1) is 0 Å². The number of hydrogen-bond acceptors (Lipinski definition) is 1. The number of halogens is 2. The Hall–Kier alpha value is -1.29. The minimum Gasteiger partial charge on any atom is -0.362 e. The summed E-state index contributed by atoms with van der Waals surface area (Å²) in [5.74, 6) is 0. The summed E-state index contributed by atoms with van der Waals surface area (Å²) in [6.45, 7) is 2.83. The van der Waals surface area contributed by atoms with E-state index in [2.05, 4.69) is 23.6 Å². The second kappa shape index (κ2) is 8.37. The topological polar surface area (TPSA) is 24.1 Å². The highest BCUT2D eigenvalue weighted by atomic mass is 35.5. The predicted molar refractivity (Wildman–Crippen MR) is 100 cm³/mol. The Morgan fingerprint density at radius 2 is 1.86 bits per heavy atom. The molecule has 0 bridgehead atoms. The number of benzene rings is 2. The van der Waals surface area contributed by atoms with E-state index in [0.717, 1.165) is 24.1 Å². The number of rotatable bonds is 5. The average molecular weight is 353 g/mol. The Bertz CT molecular complexity index is 659. The Morgan fingerprint density at radius 1 is 1.09 bits per heavy atom. The van der Waals surface area contributed by atoms with E-state index in [1.807, 2.05) is 30.3 Å². The molecular formula is C17H18Cl2N2S. The van der Waals surface area contributed by atoms with Gasteiger partial charge >= 0.3 is 0 Å². The quantitative estimate of drug-likeness (QED) is 0.733. The van der Waals surface area contributed by atoms with E-state index in [1.165, 1.54) is 5.56 Å². The van der Waals surface area contributed by atoms with E-state index in [-0.39, 0.29) is 0 Å². The second-order valence-corrected chi connectivity index (χ2v) is 6.13. The fraction of sp³-hybridized carbons (Fsp3) is 0.235. The standard InChI is InChI=1S/C17H18Cl2N2S/c1-2-12-5-3-4-6-16(12)21-17(22)20-10-9-13-7-8-14(18)11-15(13)19/h3-8,11H,2,9-10H2,1H3,(H2,20,21,22). The number of anilines is 1. The van der Waals surface area contributed by atoms with Crippen LogP contribution in [0.1, 0.15) is 18.1 Å². The third kappa shape index (κ3) is 4.87. The number of thiocarbonyl (C=S) groups is 1.